The zero-order valence-corrected chi connectivity index (χ0v) is 15.8. The van der Waals surface area contributed by atoms with Crippen LogP contribution in [0.1, 0.15) is 37.2 Å². The van der Waals surface area contributed by atoms with Crippen molar-refractivity contribution in [2.45, 2.75) is 43.7 Å². The van der Waals surface area contributed by atoms with Crippen molar-refractivity contribution in [3.63, 3.8) is 0 Å². The summed E-state index contributed by atoms with van der Waals surface area (Å²) in [6, 6.07) is 7.77. The number of hydrogen-bond acceptors (Lipinski definition) is 6. The summed E-state index contributed by atoms with van der Waals surface area (Å²) >= 11 is 0. The molecule has 0 bridgehead atoms. The van der Waals surface area contributed by atoms with Crippen LogP contribution in [0.15, 0.2) is 24.5 Å². The van der Waals surface area contributed by atoms with Crippen LogP contribution >= 0.6 is 0 Å². The first kappa shape index (κ1) is 17.3. The number of nitrogens with one attached hydrogen (secondary N) is 1. The molecule has 3 heterocycles. The first-order valence-electron chi connectivity index (χ1n) is 10.3. The van der Waals surface area contributed by atoms with Crippen molar-refractivity contribution in [2.75, 3.05) is 44.8 Å². The first-order valence-corrected chi connectivity index (χ1v) is 10.3. The Kier molecular flexibility index (Phi) is 4.95. The van der Waals surface area contributed by atoms with Gasteiger partial charge in [-0.2, -0.15) is 0 Å². The zero-order valence-electron chi connectivity index (χ0n) is 15.8. The average Bonchev–Trinajstić information content (AvgIpc) is 2.68. The second kappa shape index (κ2) is 7.70. The molecule has 5 rings (SSSR count). The Morgan fingerprint density at radius 2 is 1.78 bits per heavy atom. The number of fused-ring (bicyclic) bond motifs is 1. The van der Waals surface area contributed by atoms with Crippen LogP contribution in [0.2, 0.25) is 0 Å². The minimum atomic E-state index is 0.496. The second-order valence-corrected chi connectivity index (χ2v) is 8.03. The monoisotopic (exact) mass is 368 g/mol. The van der Waals surface area contributed by atoms with Crippen LogP contribution in [0.3, 0.4) is 0 Å². The molecule has 2 saturated heterocycles. The molecule has 3 aliphatic rings. The molecule has 0 atom stereocenters. The maximum atomic E-state index is 5.49. The van der Waals surface area contributed by atoms with Crippen molar-refractivity contribution in [3.8, 4) is 0 Å². The van der Waals surface area contributed by atoms with Gasteiger partial charge in [0, 0.05) is 36.5 Å². The SMILES string of the molecule is c1nc(N[C@H]2CC[C@H](N3CCOCC3)CC2)c2cc(C3COC3)ccc2n1. The van der Waals surface area contributed by atoms with E-state index in [1.807, 2.05) is 0 Å². The zero-order chi connectivity index (χ0) is 18.1. The lowest BCUT2D eigenvalue weighted by molar-refractivity contribution is 0.00790. The summed E-state index contributed by atoms with van der Waals surface area (Å²) in [4.78, 5) is 11.6. The smallest absolute Gasteiger partial charge is 0.137 e. The van der Waals surface area contributed by atoms with E-state index >= 15 is 0 Å². The average molecular weight is 368 g/mol. The molecule has 3 fully saturated rings. The van der Waals surface area contributed by atoms with Crippen molar-refractivity contribution in [1.29, 1.82) is 0 Å². The van der Waals surface area contributed by atoms with Gasteiger partial charge in [-0.05, 0) is 43.4 Å². The predicted octanol–water partition coefficient (Wildman–Crippen LogP) is 2.80. The van der Waals surface area contributed by atoms with Gasteiger partial charge in [0.05, 0.1) is 31.9 Å². The number of nitrogens with zero attached hydrogens (tertiary/aromatic N) is 3. The maximum Gasteiger partial charge on any atom is 0.137 e. The van der Waals surface area contributed by atoms with Crippen LogP contribution in [-0.2, 0) is 9.47 Å². The second-order valence-electron chi connectivity index (χ2n) is 8.03. The normalized spacial score (nSPS) is 27.4. The first-order chi connectivity index (χ1) is 13.4. The molecule has 2 aromatic rings. The van der Waals surface area contributed by atoms with Crippen molar-refractivity contribution >= 4 is 16.7 Å². The number of anilines is 1. The Hall–Kier alpha value is -1.76. The van der Waals surface area contributed by atoms with Crippen molar-refractivity contribution in [2.24, 2.45) is 0 Å². The van der Waals surface area contributed by atoms with Crippen LogP contribution < -0.4 is 5.32 Å². The third kappa shape index (κ3) is 3.66. The van der Waals surface area contributed by atoms with E-state index in [0.29, 0.717) is 12.0 Å². The molecule has 1 aromatic heterocycles. The summed E-state index contributed by atoms with van der Waals surface area (Å²) in [5.41, 5.74) is 2.35. The van der Waals surface area contributed by atoms with Gasteiger partial charge in [0.2, 0.25) is 0 Å². The van der Waals surface area contributed by atoms with Gasteiger partial charge < -0.3 is 14.8 Å². The fourth-order valence-electron chi connectivity index (χ4n) is 4.59. The fourth-order valence-corrected chi connectivity index (χ4v) is 4.59. The Bertz CT molecular complexity index is 781. The van der Waals surface area contributed by atoms with Crippen LogP contribution in [-0.4, -0.2) is 66.5 Å². The third-order valence-corrected chi connectivity index (χ3v) is 6.37. The molecule has 0 spiro atoms. The van der Waals surface area contributed by atoms with Crippen LogP contribution in [0.4, 0.5) is 5.82 Å². The van der Waals surface area contributed by atoms with Gasteiger partial charge in [0.25, 0.3) is 0 Å². The minimum Gasteiger partial charge on any atom is -0.380 e. The fraction of sp³-hybridized carbons (Fsp3) is 0.619. The molecule has 6 nitrogen and oxygen atoms in total. The van der Waals surface area contributed by atoms with Crippen LogP contribution in [0, 0.1) is 0 Å². The number of benzene rings is 1. The number of aromatic nitrogens is 2. The van der Waals surface area contributed by atoms with Gasteiger partial charge in [-0.25, -0.2) is 9.97 Å². The molecule has 0 amide bonds. The molecule has 2 aliphatic heterocycles. The molecule has 27 heavy (non-hydrogen) atoms. The number of ether oxygens (including phenoxy) is 2. The topological polar surface area (TPSA) is 59.5 Å². The summed E-state index contributed by atoms with van der Waals surface area (Å²) in [7, 11) is 0. The van der Waals surface area contributed by atoms with E-state index in [1.54, 1.807) is 6.33 Å². The molecule has 1 N–H and O–H groups in total. The van der Waals surface area contributed by atoms with E-state index < -0.39 is 0 Å². The molecule has 144 valence electrons. The summed E-state index contributed by atoms with van der Waals surface area (Å²) in [5, 5.41) is 4.86. The third-order valence-electron chi connectivity index (χ3n) is 6.37. The molecule has 6 heteroatoms. The Labute approximate surface area is 160 Å². The Morgan fingerprint density at radius 1 is 0.963 bits per heavy atom. The standard InChI is InChI=1S/C21H28N4O2/c1-6-20-19(11-15(1)16-12-27-13-16)21(23-14-22-20)24-17-2-4-18(5-3-17)25-7-9-26-10-8-25/h1,6,11,14,16-18H,2-5,7-10,12-13H2,(H,22,23,24)/t17-,18-. The van der Waals surface area contributed by atoms with Gasteiger partial charge in [0.15, 0.2) is 0 Å². The van der Waals surface area contributed by atoms with Gasteiger partial charge >= 0.3 is 0 Å². The van der Waals surface area contributed by atoms with Gasteiger partial charge in [-0.15, -0.1) is 0 Å². The van der Waals surface area contributed by atoms with Crippen LogP contribution in [0.25, 0.3) is 10.9 Å². The quantitative estimate of drug-likeness (QED) is 0.896. The van der Waals surface area contributed by atoms with E-state index in [0.717, 1.165) is 62.3 Å². The molecule has 0 unspecified atom stereocenters. The highest BCUT2D eigenvalue weighted by Gasteiger charge is 2.27. The summed E-state index contributed by atoms with van der Waals surface area (Å²) in [6.45, 7) is 5.61. The summed E-state index contributed by atoms with van der Waals surface area (Å²) in [6.07, 6.45) is 6.58. The Morgan fingerprint density at radius 3 is 2.52 bits per heavy atom. The number of morpholine rings is 1. The highest BCUT2D eigenvalue weighted by Crippen LogP contribution is 2.31. The molecule has 1 saturated carbocycles. The molecule has 0 radical (unpaired) electrons. The van der Waals surface area contributed by atoms with Crippen molar-refractivity contribution < 1.29 is 9.47 Å². The lowest BCUT2D eigenvalue weighted by atomic mass is 9.89. The van der Waals surface area contributed by atoms with Gasteiger partial charge in [0.1, 0.15) is 12.1 Å². The summed E-state index contributed by atoms with van der Waals surface area (Å²) < 4.78 is 10.8. The lowest BCUT2D eigenvalue weighted by Crippen LogP contribution is -2.46. The van der Waals surface area contributed by atoms with E-state index in [-0.39, 0.29) is 0 Å². The van der Waals surface area contributed by atoms with Crippen molar-refractivity contribution in [1.82, 2.24) is 14.9 Å². The maximum absolute atomic E-state index is 5.49. The van der Waals surface area contributed by atoms with Gasteiger partial charge in [-0.1, -0.05) is 6.07 Å². The summed E-state index contributed by atoms with van der Waals surface area (Å²) in [5.74, 6) is 1.50. The van der Waals surface area contributed by atoms with E-state index in [2.05, 4.69) is 38.4 Å². The molecule has 1 aromatic carbocycles. The molecule has 1 aliphatic carbocycles. The number of rotatable bonds is 4. The van der Waals surface area contributed by atoms with E-state index in [1.165, 1.54) is 31.2 Å². The van der Waals surface area contributed by atoms with Crippen LogP contribution in [0.5, 0.6) is 0 Å². The molecular weight excluding hydrogens is 340 g/mol. The molecular formula is C21H28N4O2. The highest BCUT2D eigenvalue weighted by molar-refractivity contribution is 5.89. The minimum absolute atomic E-state index is 0.496. The van der Waals surface area contributed by atoms with Crippen molar-refractivity contribution in [3.05, 3.63) is 30.1 Å². The predicted molar refractivity (Wildman–Crippen MR) is 105 cm³/mol. The lowest BCUT2D eigenvalue weighted by Gasteiger charge is -2.39. The van der Waals surface area contributed by atoms with E-state index in [9.17, 15) is 0 Å². The Balaban J connectivity index is 1.27. The van der Waals surface area contributed by atoms with Gasteiger partial charge in [-0.3, -0.25) is 4.90 Å². The van der Waals surface area contributed by atoms with E-state index in [4.69, 9.17) is 9.47 Å². The largest absolute Gasteiger partial charge is 0.380 e. The number of hydrogen-bond donors (Lipinski definition) is 1. The highest BCUT2D eigenvalue weighted by atomic mass is 16.5.